The number of fused-ring (bicyclic) bond motifs is 1. The zero-order valence-corrected chi connectivity index (χ0v) is 17.5. The van der Waals surface area contributed by atoms with Crippen LogP contribution in [0.3, 0.4) is 0 Å². The maximum absolute atomic E-state index is 13.0. The number of benzene rings is 1. The Hall–Kier alpha value is -2.39. The number of carbonyl (C=O) groups excluding carboxylic acids is 1. The van der Waals surface area contributed by atoms with Gasteiger partial charge in [-0.2, -0.15) is 0 Å². The molecule has 3 N–H and O–H groups in total. The Labute approximate surface area is 172 Å². The van der Waals surface area contributed by atoms with Crippen LogP contribution >= 0.6 is 11.8 Å². The summed E-state index contributed by atoms with van der Waals surface area (Å²) in [5.41, 5.74) is 0.774. The Bertz CT molecular complexity index is 996. The summed E-state index contributed by atoms with van der Waals surface area (Å²) in [5.74, 6) is 0.949. The number of amides is 1. The predicted molar refractivity (Wildman–Crippen MR) is 111 cm³/mol. The number of nitrogens with zero attached hydrogens (tertiary/aromatic N) is 1. The van der Waals surface area contributed by atoms with E-state index in [-0.39, 0.29) is 39.9 Å². The smallest absolute Gasteiger partial charge is 0.270 e. The van der Waals surface area contributed by atoms with Crippen LogP contribution in [0.25, 0.3) is 0 Å². The molecule has 2 aliphatic heterocycles. The summed E-state index contributed by atoms with van der Waals surface area (Å²) in [6.45, 7) is 4.65. The molecule has 2 atom stereocenters. The molecule has 4 rings (SSSR count). The highest BCUT2D eigenvalue weighted by molar-refractivity contribution is 8.00. The second-order valence-corrected chi connectivity index (χ2v) is 9.09. The van der Waals surface area contributed by atoms with Crippen LogP contribution in [0.4, 0.5) is 5.82 Å². The van der Waals surface area contributed by atoms with Gasteiger partial charge in [0, 0.05) is 6.61 Å². The first-order chi connectivity index (χ1) is 13.8. The van der Waals surface area contributed by atoms with Gasteiger partial charge in [-0.15, -0.1) is 11.8 Å². The van der Waals surface area contributed by atoms with Crippen molar-refractivity contribution in [2.75, 3.05) is 24.8 Å². The number of phenols is 1. The number of H-pyrrole nitrogens is 1. The number of anilines is 1. The van der Waals surface area contributed by atoms with Gasteiger partial charge in [-0.1, -0.05) is 6.07 Å². The fraction of sp³-hybridized carbons (Fsp3) is 0.500. The number of aromatic nitrogens is 2. The van der Waals surface area contributed by atoms with Crippen molar-refractivity contribution in [1.29, 1.82) is 0 Å². The molecule has 0 unspecified atom stereocenters. The van der Waals surface area contributed by atoms with Gasteiger partial charge in [0.25, 0.3) is 5.56 Å². The zero-order valence-electron chi connectivity index (χ0n) is 16.7. The number of ether oxygens (including phenoxy) is 2. The van der Waals surface area contributed by atoms with Crippen LogP contribution in [-0.2, 0) is 9.53 Å². The van der Waals surface area contributed by atoms with E-state index in [0.29, 0.717) is 23.7 Å². The van der Waals surface area contributed by atoms with E-state index in [9.17, 15) is 14.7 Å². The maximum Gasteiger partial charge on any atom is 0.270 e. The van der Waals surface area contributed by atoms with Crippen molar-refractivity contribution in [3.8, 4) is 11.5 Å². The SMILES string of the molecule is COc1cc([C@H]2SCC(=O)Nc3c2c(=O)[nH]n3[C@H]2CCOC(C)(C)C2)ccc1O. The maximum atomic E-state index is 13.0. The van der Waals surface area contributed by atoms with Crippen LogP contribution < -0.4 is 15.6 Å². The lowest BCUT2D eigenvalue weighted by Crippen LogP contribution is -2.36. The molecular weight excluding hydrogens is 394 g/mol. The van der Waals surface area contributed by atoms with Gasteiger partial charge in [-0.05, 0) is 44.4 Å². The second-order valence-electron chi connectivity index (χ2n) is 8.00. The first kappa shape index (κ1) is 19.9. The average Bonchev–Trinajstić information content (AvgIpc) is 2.87. The minimum atomic E-state index is -0.365. The van der Waals surface area contributed by atoms with Gasteiger partial charge in [0.05, 0.1) is 35.3 Å². The van der Waals surface area contributed by atoms with Crippen molar-refractivity contribution in [2.45, 2.75) is 43.6 Å². The summed E-state index contributed by atoms with van der Waals surface area (Å²) in [4.78, 5) is 25.4. The summed E-state index contributed by atoms with van der Waals surface area (Å²) in [7, 11) is 1.48. The molecule has 1 fully saturated rings. The third kappa shape index (κ3) is 3.76. The number of aromatic amines is 1. The van der Waals surface area contributed by atoms with Crippen LogP contribution in [0.5, 0.6) is 11.5 Å². The van der Waals surface area contributed by atoms with Gasteiger partial charge in [0.2, 0.25) is 5.91 Å². The molecule has 29 heavy (non-hydrogen) atoms. The topological polar surface area (TPSA) is 106 Å². The summed E-state index contributed by atoms with van der Waals surface area (Å²) in [6, 6.07) is 5.03. The molecule has 156 valence electrons. The minimum absolute atomic E-state index is 0.0219. The first-order valence-electron chi connectivity index (χ1n) is 9.56. The molecule has 2 aromatic rings. The largest absolute Gasteiger partial charge is 0.504 e. The number of hydrogen-bond acceptors (Lipinski definition) is 6. The van der Waals surface area contributed by atoms with Gasteiger partial charge in [0.1, 0.15) is 5.82 Å². The van der Waals surface area contributed by atoms with Crippen LogP contribution in [-0.4, -0.2) is 45.9 Å². The molecule has 3 heterocycles. The quantitative estimate of drug-likeness (QED) is 0.707. The Balaban J connectivity index is 1.81. The van der Waals surface area contributed by atoms with E-state index >= 15 is 0 Å². The molecule has 0 aliphatic carbocycles. The summed E-state index contributed by atoms with van der Waals surface area (Å²) in [5, 5.41) is 15.4. The van der Waals surface area contributed by atoms with E-state index in [1.807, 2.05) is 13.8 Å². The Kier molecular flexibility index (Phi) is 5.12. The number of rotatable bonds is 3. The van der Waals surface area contributed by atoms with E-state index < -0.39 is 0 Å². The van der Waals surface area contributed by atoms with E-state index in [1.54, 1.807) is 22.9 Å². The zero-order chi connectivity index (χ0) is 20.8. The van der Waals surface area contributed by atoms with Crippen molar-refractivity contribution in [2.24, 2.45) is 0 Å². The number of nitrogens with one attached hydrogen (secondary N) is 2. The van der Waals surface area contributed by atoms with E-state index in [2.05, 4.69) is 10.4 Å². The third-order valence-electron chi connectivity index (χ3n) is 5.41. The number of hydrogen-bond donors (Lipinski definition) is 3. The van der Waals surface area contributed by atoms with E-state index in [4.69, 9.17) is 9.47 Å². The fourth-order valence-electron chi connectivity index (χ4n) is 4.06. The highest BCUT2D eigenvalue weighted by Crippen LogP contribution is 2.43. The monoisotopic (exact) mass is 419 g/mol. The molecule has 0 radical (unpaired) electrons. The highest BCUT2D eigenvalue weighted by atomic mass is 32.2. The summed E-state index contributed by atoms with van der Waals surface area (Å²) >= 11 is 1.38. The molecule has 1 aromatic heterocycles. The fourth-order valence-corrected chi connectivity index (χ4v) is 5.17. The average molecular weight is 420 g/mol. The van der Waals surface area contributed by atoms with Crippen molar-refractivity contribution in [1.82, 2.24) is 9.78 Å². The molecule has 2 aliphatic rings. The highest BCUT2D eigenvalue weighted by Gasteiger charge is 2.36. The Morgan fingerprint density at radius 3 is 2.86 bits per heavy atom. The molecular formula is C20H25N3O5S. The van der Waals surface area contributed by atoms with E-state index in [0.717, 1.165) is 18.4 Å². The third-order valence-corrected chi connectivity index (χ3v) is 6.68. The number of carbonyl (C=O) groups is 1. The standard InChI is InChI=1S/C20H25N3O5S/c1-20(2)9-12(6-7-28-20)23-18-16(19(26)22-23)17(29-10-15(25)21-18)11-4-5-13(24)14(8-11)27-3/h4-5,8,12,17,24H,6-7,9-10H2,1-3H3,(H,21,25)(H,22,26)/t12-,17+/m0/s1. The molecule has 0 bridgehead atoms. The van der Waals surface area contributed by atoms with Crippen molar-refractivity contribution < 1.29 is 19.4 Å². The van der Waals surface area contributed by atoms with Crippen molar-refractivity contribution in [3.05, 3.63) is 39.7 Å². The second kappa shape index (κ2) is 7.46. The summed E-state index contributed by atoms with van der Waals surface area (Å²) < 4.78 is 12.8. The van der Waals surface area contributed by atoms with Gasteiger partial charge in [0.15, 0.2) is 11.5 Å². The number of thioether (sulfide) groups is 1. The number of methoxy groups -OCH3 is 1. The number of aromatic hydroxyl groups is 1. The molecule has 8 nitrogen and oxygen atoms in total. The Morgan fingerprint density at radius 1 is 1.34 bits per heavy atom. The van der Waals surface area contributed by atoms with Gasteiger partial charge in [-0.25, -0.2) is 0 Å². The lowest BCUT2D eigenvalue weighted by atomic mass is 9.94. The lowest BCUT2D eigenvalue weighted by Gasteiger charge is -2.36. The predicted octanol–water partition coefficient (Wildman–Crippen LogP) is 2.80. The lowest BCUT2D eigenvalue weighted by molar-refractivity contribution is -0.113. The molecule has 1 aromatic carbocycles. The van der Waals surface area contributed by atoms with Crippen molar-refractivity contribution in [3.63, 3.8) is 0 Å². The molecule has 0 saturated carbocycles. The number of phenolic OH excluding ortho intramolecular Hbond substituents is 1. The molecule has 9 heteroatoms. The minimum Gasteiger partial charge on any atom is -0.504 e. The van der Waals surface area contributed by atoms with Crippen molar-refractivity contribution >= 4 is 23.5 Å². The van der Waals surface area contributed by atoms with Gasteiger partial charge >= 0.3 is 0 Å². The molecule has 1 saturated heterocycles. The van der Waals surface area contributed by atoms with Gasteiger partial charge in [-0.3, -0.25) is 19.4 Å². The first-order valence-corrected chi connectivity index (χ1v) is 10.6. The molecule has 0 spiro atoms. The van der Waals surface area contributed by atoms with Crippen LogP contribution in [0.1, 0.15) is 49.1 Å². The molecule has 1 amide bonds. The van der Waals surface area contributed by atoms with Crippen LogP contribution in [0.2, 0.25) is 0 Å². The summed E-state index contributed by atoms with van der Waals surface area (Å²) in [6.07, 6.45) is 1.48. The Morgan fingerprint density at radius 2 is 2.14 bits per heavy atom. The van der Waals surface area contributed by atoms with Gasteiger partial charge < -0.3 is 19.9 Å². The van der Waals surface area contributed by atoms with Crippen LogP contribution in [0.15, 0.2) is 23.0 Å². The van der Waals surface area contributed by atoms with E-state index in [1.165, 1.54) is 18.9 Å². The normalized spacial score (nSPS) is 23.8. The van der Waals surface area contributed by atoms with Crippen LogP contribution in [0, 0.1) is 0 Å².